The molecule has 21 heavy (non-hydrogen) atoms. The molecule has 1 aromatic rings. The van der Waals surface area contributed by atoms with E-state index < -0.39 is 0 Å². The average Bonchev–Trinajstić information content (AvgIpc) is 2.73. The van der Waals surface area contributed by atoms with E-state index in [9.17, 15) is 0 Å². The molecular formula is C16H27BrClIN2. The second-order valence-electron chi connectivity index (χ2n) is 6.07. The van der Waals surface area contributed by atoms with Crippen molar-refractivity contribution in [2.75, 3.05) is 0 Å². The van der Waals surface area contributed by atoms with Gasteiger partial charge in [-0.15, -0.1) is 0 Å². The molecule has 0 amide bonds. The molecule has 1 unspecified atom stereocenters. The van der Waals surface area contributed by atoms with E-state index in [1.165, 1.54) is 44.9 Å². The molecule has 0 aliphatic carbocycles. The van der Waals surface area contributed by atoms with Gasteiger partial charge in [0.05, 0.1) is 10.0 Å². The van der Waals surface area contributed by atoms with E-state index in [0.29, 0.717) is 0 Å². The second kappa shape index (κ2) is 9.76. The van der Waals surface area contributed by atoms with Crippen LogP contribution in [0.3, 0.4) is 0 Å². The molecule has 0 fully saturated rings. The standard InChI is InChI=1S/C16H27BrClIN2/c1-4-6-8-9-10-12-16(3,11-7-5-2)21-14(18)13(17)15(19)20-21/h4-12H2,1-3H3. The number of aromatic nitrogens is 2. The molecule has 122 valence electrons. The van der Waals surface area contributed by atoms with Crippen molar-refractivity contribution in [3.8, 4) is 0 Å². The lowest BCUT2D eigenvalue weighted by Gasteiger charge is -2.31. The Morgan fingerprint density at radius 2 is 1.67 bits per heavy atom. The van der Waals surface area contributed by atoms with Gasteiger partial charge in [-0.2, -0.15) is 5.10 Å². The topological polar surface area (TPSA) is 17.8 Å². The number of unbranched alkanes of at least 4 members (excludes halogenated alkanes) is 5. The zero-order valence-electron chi connectivity index (χ0n) is 13.4. The van der Waals surface area contributed by atoms with Gasteiger partial charge in [-0.1, -0.05) is 70.4 Å². The smallest absolute Gasteiger partial charge is 0.143 e. The van der Waals surface area contributed by atoms with Crippen molar-refractivity contribution in [1.29, 1.82) is 0 Å². The highest BCUT2D eigenvalue weighted by molar-refractivity contribution is 14.1. The van der Waals surface area contributed by atoms with Crippen LogP contribution in [0.5, 0.6) is 0 Å². The Hall–Kier alpha value is 0.710. The van der Waals surface area contributed by atoms with Crippen molar-refractivity contribution in [2.24, 2.45) is 0 Å². The molecule has 1 atom stereocenters. The summed E-state index contributed by atoms with van der Waals surface area (Å²) in [6.45, 7) is 6.81. The van der Waals surface area contributed by atoms with Crippen LogP contribution in [0.25, 0.3) is 0 Å². The summed E-state index contributed by atoms with van der Waals surface area (Å²) in [6.07, 6.45) is 11.3. The van der Waals surface area contributed by atoms with Gasteiger partial charge in [-0.3, -0.25) is 0 Å². The second-order valence-corrected chi connectivity index (χ2v) is 8.24. The van der Waals surface area contributed by atoms with Crippen LogP contribution >= 0.6 is 50.1 Å². The predicted octanol–water partition coefficient (Wildman–Crippen LogP) is 7.17. The maximum atomic E-state index is 6.49. The van der Waals surface area contributed by atoms with Crippen molar-refractivity contribution in [2.45, 2.75) is 84.1 Å². The van der Waals surface area contributed by atoms with Crippen LogP contribution in [0.2, 0.25) is 5.15 Å². The van der Waals surface area contributed by atoms with E-state index in [-0.39, 0.29) is 5.54 Å². The monoisotopic (exact) mass is 488 g/mol. The molecule has 0 aliphatic rings. The summed E-state index contributed by atoms with van der Waals surface area (Å²) in [4.78, 5) is 0. The first-order valence-electron chi connectivity index (χ1n) is 8.06. The first-order valence-corrected chi connectivity index (χ1v) is 10.3. The van der Waals surface area contributed by atoms with Gasteiger partial charge in [0, 0.05) is 0 Å². The van der Waals surface area contributed by atoms with E-state index in [2.05, 4.69) is 69.1 Å². The minimum absolute atomic E-state index is 0.0330. The molecule has 0 spiro atoms. The zero-order valence-corrected chi connectivity index (χ0v) is 17.9. The third-order valence-electron chi connectivity index (χ3n) is 4.14. The van der Waals surface area contributed by atoms with Gasteiger partial charge in [0.1, 0.15) is 8.85 Å². The van der Waals surface area contributed by atoms with Gasteiger partial charge in [0.15, 0.2) is 0 Å². The summed E-state index contributed by atoms with van der Waals surface area (Å²) in [6, 6.07) is 0. The third-order valence-corrected chi connectivity index (χ3v) is 6.96. The lowest BCUT2D eigenvalue weighted by Crippen LogP contribution is -2.31. The van der Waals surface area contributed by atoms with Crippen LogP contribution in [0, 0.1) is 3.70 Å². The highest BCUT2D eigenvalue weighted by atomic mass is 127. The molecule has 0 saturated carbocycles. The van der Waals surface area contributed by atoms with Gasteiger partial charge in [-0.05, 0) is 58.3 Å². The van der Waals surface area contributed by atoms with Crippen LogP contribution in [-0.2, 0) is 5.54 Å². The number of hydrogen-bond donors (Lipinski definition) is 0. The van der Waals surface area contributed by atoms with Gasteiger partial charge >= 0.3 is 0 Å². The summed E-state index contributed by atoms with van der Waals surface area (Å²) in [5.74, 6) is 0. The Morgan fingerprint density at radius 1 is 1.10 bits per heavy atom. The van der Waals surface area contributed by atoms with Crippen LogP contribution in [0.4, 0.5) is 0 Å². The summed E-state index contributed by atoms with van der Waals surface area (Å²) >= 11 is 12.3. The van der Waals surface area contributed by atoms with Crippen LogP contribution in [-0.4, -0.2) is 9.78 Å². The number of nitrogens with zero attached hydrogens (tertiary/aromatic N) is 2. The molecule has 2 nitrogen and oxygen atoms in total. The zero-order chi connectivity index (χ0) is 15.9. The maximum Gasteiger partial charge on any atom is 0.143 e. The van der Waals surface area contributed by atoms with Crippen molar-refractivity contribution in [3.63, 3.8) is 0 Å². The predicted molar refractivity (Wildman–Crippen MR) is 104 cm³/mol. The Labute approximate surface area is 156 Å². The molecule has 1 aromatic heterocycles. The molecular weight excluding hydrogens is 462 g/mol. The van der Waals surface area contributed by atoms with Crippen LogP contribution in [0.15, 0.2) is 4.47 Å². The number of rotatable bonds is 10. The molecule has 5 heteroatoms. The summed E-state index contributed by atoms with van der Waals surface area (Å²) < 4.78 is 3.93. The van der Waals surface area contributed by atoms with Crippen molar-refractivity contribution in [3.05, 3.63) is 13.3 Å². The normalized spacial score (nSPS) is 14.4. The molecule has 0 saturated heterocycles. The van der Waals surface area contributed by atoms with E-state index in [4.69, 9.17) is 11.6 Å². The summed E-state index contributed by atoms with van der Waals surface area (Å²) in [5, 5.41) is 5.42. The highest BCUT2D eigenvalue weighted by Crippen LogP contribution is 2.37. The Bertz CT molecular complexity index is 436. The largest absolute Gasteiger partial charge is 0.246 e. The fourth-order valence-corrected chi connectivity index (χ4v) is 3.92. The molecule has 0 bridgehead atoms. The first-order chi connectivity index (χ1) is 9.96. The fraction of sp³-hybridized carbons (Fsp3) is 0.812. The van der Waals surface area contributed by atoms with E-state index >= 15 is 0 Å². The average molecular weight is 490 g/mol. The first kappa shape index (κ1) is 19.8. The van der Waals surface area contributed by atoms with Crippen molar-refractivity contribution < 1.29 is 0 Å². The molecule has 0 aromatic carbocycles. The van der Waals surface area contributed by atoms with E-state index in [1.807, 2.05) is 0 Å². The highest BCUT2D eigenvalue weighted by Gasteiger charge is 2.30. The molecule has 0 radical (unpaired) electrons. The minimum Gasteiger partial charge on any atom is -0.246 e. The molecule has 0 N–H and O–H groups in total. The van der Waals surface area contributed by atoms with E-state index in [0.717, 1.165) is 26.2 Å². The Kier molecular flexibility index (Phi) is 9.18. The van der Waals surface area contributed by atoms with Gasteiger partial charge in [-0.25, -0.2) is 4.68 Å². The third kappa shape index (κ3) is 5.69. The molecule has 0 aliphatic heterocycles. The minimum atomic E-state index is 0.0330. The Morgan fingerprint density at radius 3 is 2.19 bits per heavy atom. The maximum absolute atomic E-state index is 6.49. The SMILES string of the molecule is CCCCCCCC(C)(CCCC)n1nc(I)c(Br)c1Cl. The van der Waals surface area contributed by atoms with E-state index in [1.54, 1.807) is 0 Å². The quantitative estimate of drug-likeness (QED) is 0.252. The van der Waals surface area contributed by atoms with Gasteiger partial charge < -0.3 is 0 Å². The van der Waals surface area contributed by atoms with Crippen LogP contribution < -0.4 is 0 Å². The van der Waals surface area contributed by atoms with Crippen molar-refractivity contribution in [1.82, 2.24) is 9.78 Å². The van der Waals surface area contributed by atoms with Crippen LogP contribution in [0.1, 0.15) is 78.6 Å². The summed E-state index contributed by atoms with van der Waals surface area (Å²) in [7, 11) is 0. The lowest BCUT2D eigenvalue weighted by atomic mass is 9.88. The Balaban J connectivity index is 2.79. The molecule has 1 heterocycles. The van der Waals surface area contributed by atoms with Crippen molar-refractivity contribution >= 4 is 50.1 Å². The lowest BCUT2D eigenvalue weighted by molar-refractivity contribution is 0.228. The number of hydrogen-bond acceptors (Lipinski definition) is 1. The van der Waals surface area contributed by atoms with Gasteiger partial charge in [0.25, 0.3) is 0 Å². The fourth-order valence-electron chi connectivity index (χ4n) is 2.72. The summed E-state index contributed by atoms with van der Waals surface area (Å²) in [5.41, 5.74) is 0.0330. The van der Waals surface area contributed by atoms with Gasteiger partial charge in [0.2, 0.25) is 0 Å². The number of halogens is 3. The molecule has 1 rings (SSSR count).